The summed E-state index contributed by atoms with van der Waals surface area (Å²) in [4.78, 5) is 12.0. The van der Waals surface area contributed by atoms with E-state index in [9.17, 15) is 4.79 Å². The number of methoxy groups -OCH3 is 1. The number of benzene rings is 1. The second kappa shape index (κ2) is 6.95. The first kappa shape index (κ1) is 16.8. The van der Waals surface area contributed by atoms with E-state index in [4.69, 9.17) is 22.1 Å². The Morgan fingerprint density at radius 1 is 1.45 bits per heavy atom. The molecular formula is C15H23ClN2O2. The van der Waals surface area contributed by atoms with Gasteiger partial charge >= 0.3 is 0 Å². The summed E-state index contributed by atoms with van der Waals surface area (Å²) < 4.78 is 5.10. The molecule has 1 aromatic carbocycles. The molecule has 0 spiro atoms. The molecule has 20 heavy (non-hydrogen) atoms. The third kappa shape index (κ3) is 5.80. The number of carbonyl (C=O) groups excluding carboxylic acids is 1. The van der Waals surface area contributed by atoms with Crippen molar-refractivity contribution >= 4 is 23.2 Å². The Labute approximate surface area is 125 Å². The van der Waals surface area contributed by atoms with Crippen LogP contribution < -0.4 is 15.8 Å². The van der Waals surface area contributed by atoms with Gasteiger partial charge in [-0.2, -0.15) is 0 Å². The molecule has 1 amide bonds. The van der Waals surface area contributed by atoms with Crippen molar-refractivity contribution in [2.45, 2.75) is 39.7 Å². The van der Waals surface area contributed by atoms with Gasteiger partial charge < -0.3 is 15.8 Å². The molecule has 5 heteroatoms. The molecule has 0 bridgehead atoms. The molecule has 1 aromatic rings. The minimum atomic E-state index is -0.167. The molecule has 4 nitrogen and oxygen atoms in total. The molecule has 0 heterocycles. The summed E-state index contributed by atoms with van der Waals surface area (Å²) in [7, 11) is 1.56. The maximum absolute atomic E-state index is 12.0. The Kier molecular flexibility index (Phi) is 5.84. The standard InChI is InChI=1S/C15H23ClN2O2/c1-15(2,3)9-10(17)7-14(19)18-13-8-11(20-4)5-6-12(13)16/h5-6,8,10H,7,9,17H2,1-4H3,(H,18,19). The van der Waals surface area contributed by atoms with Gasteiger partial charge in [0.15, 0.2) is 0 Å². The normalized spacial score (nSPS) is 12.9. The first-order chi connectivity index (χ1) is 9.21. The fourth-order valence-corrected chi connectivity index (χ4v) is 2.19. The van der Waals surface area contributed by atoms with E-state index in [1.165, 1.54) is 0 Å². The molecule has 0 aliphatic carbocycles. The lowest BCUT2D eigenvalue weighted by Crippen LogP contribution is -2.31. The summed E-state index contributed by atoms with van der Waals surface area (Å²) in [6.45, 7) is 6.30. The monoisotopic (exact) mass is 298 g/mol. The number of amides is 1. The van der Waals surface area contributed by atoms with E-state index in [2.05, 4.69) is 26.1 Å². The van der Waals surface area contributed by atoms with Crippen LogP contribution in [-0.2, 0) is 4.79 Å². The molecule has 0 saturated carbocycles. The van der Waals surface area contributed by atoms with Crippen molar-refractivity contribution in [1.82, 2.24) is 0 Å². The van der Waals surface area contributed by atoms with Gasteiger partial charge in [0.1, 0.15) is 5.75 Å². The number of nitrogens with one attached hydrogen (secondary N) is 1. The summed E-state index contributed by atoms with van der Waals surface area (Å²) in [6, 6.07) is 4.95. The van der Waals surface area contributed by atoms with Gasteiger partial charge in [0.25, 0.3) is 0 Å². The van der Waals surface area contributed by atoms with Crippen molar-refractivity contribution in [2.75, 3.05) is 12.4 Å². The lowest BCUT2D eigenvalue weighted by atomic mass is 9.87. The van der Waals surface area contributed by atoms with Crippen LogP contribution in [0, 0.1) is 5.41 Å². The van der Waals surface area contributed by atoms with Crippen LogP contribution in [0.3, 0.4) is 0 Å². The third-order valence-electron chi connectivity index (χ3n) is 2.77. The van der Waals surface area contributed by atoms with Gasteiger partial charge in [-0.15, -0.1) is 0 Å². The molecule has 1 atom stereocenters. The molecule has 0 saturated heterocycles. The predicted octanol–water partition coefficient (Wildman–Crippen LogP) is 3.44. The molecule has 112 valence electrons. The predicted molar refractivity (Wildman–Crippen MR) is 83.3 cm³/mol. The number of nitrogens with two attached hydrogens (primary N) is 1. The number of hydrogen-bond donors (Lipinski definition) is 2. The average molecular weight is 299 g/mol. The Morgan fingerprint density at radius 3 is 2.65 bits per heavy atom. The van der Waals surface area contributed by atoms with E-state index in [1.807, 2.05) is 0 Å². The van der Waals surface area contributed by atoms with Crippen LogP contribution in [-0.4, -0.2) is 19.1 Å². The first-order valence-electron chi connectivity index (χ1n) is 6.60. The van der Waals surface area contributed by atoms with Crippen molar-refractivity contribution in [3.05, 3.63) is 23.2 Å². The number of anilines is 1. The van der Waals surface area contributed by atoms with Gasteiger partial charge in [0, 0.05) is 18.5 Å². The lowest BCUT2D eigenvalue weighted by molar-refractivity contribution is -0.116. The average Bonchev–Trinajstić information content (AvgIpc) is 2.29. The molecule has 0 radical (unpaired) electrons. The van der Waals surface area contributed by atoms with Crippen molar-refractivity contribution in [3.63, 3.8) is 0 Å². The number of rotatable bonds is 5. The van der Waals surface area contributed by atoms with Crippen LogP contribution in [0.4, 0.5) is 5.69 Å². The van der Waals surface area contributed by atoms with Crippen LogP contribution >= 0.6 is 11.6 Å². The van der Waals surface area contributed by atoms with Gasteiger partial charge in [0.2, 0.25) is 5.91 Å². The lowest BCUT2D eigenvalue weighted by Gasteiger charge is -2.22. The molecular weight excluding hydrogens is 276 g/mol. The minimum Gasteiger partial charge on any atom is -0.497 e. The zero-order valence-corrected chi connectivity index (χ0v) is 13.3. The topological polar surface area (TPSA) is 64.3 Å². The van der Waals surface area contributed by atoms with E-state index in [0.717, 1.165) is 6.42 Å². The van der Waals surface area contributed by atoms with E-state index >= 15 is 0 Å². The van der Waals surface area contributed by atoms with Crippen LogP contribution in [0.15, 0.2) is 18.2 Å². The Balaban J connectivity index is 2.62. The van der Waals surface area contributed by atoms with Crippen LogP contribution in [0.2, 0.25) is 5.02 Å². The third-order valence-corrected chi connectivity index (χ3v) is 3.10. The van der Waals surface area contributed by atoms with Crippen molar-refractivity contribution < 1.29 is 9.53 Å². The highest BCUT2D eigenvalue weighted by molar-refractivity contribution is 6.33. The maximum atomic E-state index is 12.0. The van der Waals surface area contributed by atoms with Gasteiger partial charge in [-0.05, 0) is 24.0 Å². The van der Waals surface area contributed by atoms with Crippen molar-refractivity contribution in [2.24, 2.45) is 11.1 Å². The second-order valence-electron chi connectivity index (χ2n) is 6.12. The molecule has 0 aliphatic rings. The molecule has 0 aliphatic heterocycles. The molecule has 1 unspecified atom stereocenters. The summed E-state index contributed by atoms with van der Waals surface area (Å²) in [5, 5.41) is 3.25. The smallest absolute Gasteiger partial charge is 0.225 e. The highest BCUT2D eigenvalue weighted by Crippen LogP contribution is 2.27. The molecule has 0 fully saturated rings. The molecule has 1 rings (SSSR count). The summed E-state index contributed by atoms with van der Waals surface area (Å²) >= 11 is 6.04. The van der Waals surface area contributed by atoms with Crippen molar-refractivity contribution in [3.8, 4) is 5.75 Å². The van der Waals surface area contributed by atoms with Crippen LogP contribution in [0.1, 0.15) is 33.6 Å². The zero-order valence-electron chi connectivity index (χ0n) is 12.5. The Bertz CT molecular complexity index is 469. The van der Waals surface area contributed by atoms with Crippen LogP contribution in [0.25, 0.3) is 0 Å². The SMILES string of the molecule is COc1ccc(Cl)c(NC(=O)CC(N)CC(C)(C)C)c1. The second-order valence-corrected chi connectivity index (χ2v) is 6.53. The van der Waals surface area contributed by atoms with Gasteiger partial charge in [-0.3, -0.25) is 4.79 Å². The van der Waals surface area contributed by atoms with E-state index in [-0.39, 0.29) is 23.8 Å². The highest BCUT2D eigenvalue weighted by Gasteiger charge is 2.18. The van der Waals surface area contributed by atoms with E-state index in [0.29, 0.717) is 16.5 Å². The number of ether oxygens (including phenoxy) is 1. The molecule has 3 N–H and O–H groups in total. The van der Waals surface area contributed by atoms with E-state index < -0.39 is 0 Å². The highest BCUT2D eigenvalue weighted by atomic mass is 35.5. The first-order valence-corrected chi connectivity index (χ1v) is 6.98. The number of hydrogen-bond acceptors (Lipinski definition) is 3. The summed E-state index contributed by atoms with van der Waals surface area (Å²) in [5.41, 5.74) is 6.64. The number of carbonyl (C=O) groups is 1. The minimum absolute atomic E-state index is 0.104. The van der Waals surface area contributed by atoms with E-state index in [1.54, 1.807) is 25.3 Å². The van der Waals surface area contributed by atoms with Gasteiger partial charge in [-0.25, -0.2) is 0 Å². The maximum Gasteiger partial charge on any atom is 0.225 e. The van der Waals surface area contributed by atoms with Gasteiger partial charge in [0.05, 0.1) is 17.8 Å². The Morgan fingerprint density at radius 2 is 2.10 bits per heavy atom. The quantitative estimate of drug-likeness (QED) is 0.875. The fraction of sp³-hybridized carbons (Fsp3) is 0.533. The van der Waals surface area contributed by atoms with Crippen molar-refractivity contribution in [1.29, 1.82) is 0 Å². The zero-order chi connectivity index (χ0) is 15.3. The van der Waals surface area contributed by atoms with Crippen LogP contribution in [0.5, 0.6) is 5.75 Å². The Hall–Kier alpha value is -1.26. The molecule has 0 aromatic heterocycles. The largest absolute Gasteiger partial charge is 0.497 e. The number of halogens is 1. The fourth-order valence-electron chi connectivity index (χ4n) is 2.03. The van der Waals surface area contributed by atoms with Gasteiger partial charge in [-0.1, -0.05) is 32.4 Å². The summed E-state index contributed by atoms with van der Waals surface area (Å²) in [6.07, 6.45) is 1.05. The summed E-state index contributed by atoms with van der Waals surface area (Å²) in [5.74, 6) is 0.501.